The summed E-state index contributed by atoms with van der Waals surface area (Å²) in [6, 6.07) is 12.7. The van der Waals surface area contributed by atoms with E-state index in [1.165, 1.54) is 18.4 Å². The van der Waals surface area contributed by atoms with Crippen molar-refractivity contribution in [3.05, 3.63) is 42.5 Å². The van der Waals surface area contributed by atoms with Gasteiger partial charge in [-0.1, -0.05) is 23.9 Å². The lowest BCUT2D eigenvalue weighted by Gasteiger charge is -2.32. The van der Waals surface area contributed by atoms with Gasteiger partial charge in [-0.25, -0.2) is 12.7 Å². The third-order valence-corrected chi connectivity index (χ3v) is 7.24. The maximum absolute atomic E-state index is 13.1. The van der Waals surface area contributed by atoms with Crippen molar-refractivity contribution in [3.8, 4) is 0 Å². The molecule has 8 heteroatoms. The third-order valence-electron chi connectivity index (χ3n) is 4.30. The van der Waals surface area contributed by atoms with Crippen LogP contribution in [0.25, 0.3) is 0 Å². The lowest BCUT2D eigenvalue weighted by molar-refractivity contribution is -0.118. The number of anilines is 2. The highest BCUT2D eigenvalue weighted by Crippen LogP contribution is 2.48. The second-order valence-electron chi connectivity index (χ2n) is 6.77. The summed E-state index contributed by atoms with van der Waals surface area (Å²) >= 11 is 1.54. The number of nitrogens with zero attached hydrogens (tertiary/aromatic N) is 3. The van der Waals surface area contributed by atoms with Gasteiger partial charge in [-0.2, -0.15) is 0 Å². The average Bonchev–Trinajstić information content (AvgIpc) is 2.63. The minimum atomic E-state index is -3.58. The van der Waals surface area contributed by atoms with E-state index in [0.29, 0.717) is 18.7 Å². The van der Waals surface area contributed by atoms with Gasteiger partial charge in [0.05, 0.1) is 16.3 Å². The fourth-order valence-corrected chi connectivity index (χ4v) is 4.77. The van der Waals surface area contributed by atoms with Crippen LogP contribution in [0.15, 0.2) is 57.2 Å². The summed E-state index contributed by atoms with van der Waals surface area (Å²) in [5.74, 6) is -0.0582. The first-order valence-corrected chi connectivity index (χ1v) is 10.8. The van der Waals surface area contributed by atoms with Gasteiger partial charge < -0.3 is 4.90 Å². The van der Waals surface area contributed by atoms with E-state index in [2.05, 4.69) is 0 Å². The Morgan fingerprint density at radius 2 is 1.67 bits per heavy atom. The first-order valence-electron chi connectivity index (χ1n) is 8.53. The van der Waals surface area contributed by atoms with E-state index >= 15 is 0 Å². The molecule has 2 aromatic carbocycles. The molecule has 1 heterocycles. The minimum Gasteiger partial charge on any atom is -0.309 e. The van der Waals surface area contributed by atoms with Crippen LogP contribution < -0.4 is 4.90 Å². The molecule has 0 N–H and O–H groups in total. The Morgan fingerprint density at radius 3 is 2.33 bits per heavy atom. The van der Waals surface area contributed by atoms with Crippen LogP contribution in [-0.2, 0) is 14.8 Å². The second kappa shape index (κ2) is 7.63. The van der Waals surface area contributed by atoms with E-state index in [9.17, 15) is 13.2 Å². The van der Waals surface area contributed by atoms with Crippen molar-refractivity contribution in [2.45, 2.75) is 21.1 Å². The van der Waals surface area contributed by atoms with Crippen molar-refractivity contribution in [2.75, 3.05) is 39.6 Å². The highest BCUT2D eigenvalue weighted by molar-refractivity contribution is 7.99. The lowest BCUT2D eigenvalue weighted by atomic mass is 10.2. The number of carbonyl (C=O) groups is 1. The molecule has 0 saturated carbocycles. The van der Waals surface area contributed by atoms with Crippen LogP contribution in [0.5, 0.6) is 0 Å². The topological polar surface area (TPSA) is 60.9 Å². The standard InChI is InChI=1S/C19H23N3O3S2/c1-20(2)12-11-19(23)22-15-7-5-6-8-17(15)26-18-10-9-14(13-16(18)22)27(24,25)21(3)4/h5-10,13H,11-12H2,1-4H3. The van der Waals surface area contributed by atoms with E-state index in [4.69, 9.17) is 0 Å². The van der Waals surface area contributed by atoms with Crippen molar-refractivity contribution in [2.24, 2.45) is 0 Å². The molecule has 6 nitrogen and oxygen atoms in total. The molecule has 27 heavy (non-hydrogen) atoms. The molecule has 0 bridgehead atoms. The third kappa shape index (κ3) is 3.89. The fraction of sp³-hybridized carbons (Fsp3) is 0.316. The number of hydrogen-bond acceptors (Lipinski definition) is 5. The molecule has 2 aromatic rings. The SMILES string of the molecule is CN(C)CCC(=O)N1c2ccccc2Sc2ccc(S(=O)(=O)N(C)C)cc21. The zero-order valence-corrected chi connectivity index (χ0v) is 17.5. The van der Waals surface area contributed by atoms with Crippen LogP contribution in [0.2, 0.25) is 0 Å². The number of para-hydroxylation sites is 1. The number of benzene rings is 2. The Hall–Kier alpha value is -1.87. The van der Waals surface area contributed by atoms with Crippen LogP contribution >= 0.6 is 11.8 Å². The molecule has 0 atom stereocenters. The number of sulfonamides is 1. The maximum atomic E-state index is 13.1. The smallest absolute Gasteiger partial charge is 0.242 e. The van der Waals surface area contributed by atoms with Crippen molar-refractivity contribution < 1.29 is 13.2 Å². The molecule has 0 radical (unpaired) electrons. The Labute approximate surface area is 164 Å². The van der Waals surface area contributed by atoms with E-state index < -0.39 is 10.0 Å². The van der Waals surface area contributed by atoms with Crippen molar-refractivity contribution >= 4 is 39.1 Å². The van der Waals surface area contributed by atoms with Gasteiger partial charge in [-0.15, -0.1) is 0 Å². The average molecular weight is 406 g/mol. The van der Waals surface area contributed by atoms with Gasteiger partial charge in [0, 0.05) is 36.9 Å². The minimum absolute atomic E-state index is 0.0582. The summed E-state index contributed by atoms with van der Waals surface area (Å²) in [5, 5.41) is 0. The van der Waals surface area contributed by atoms with Gasteiger partial charge in [-0.3, -0.25) is 9.69 Å². The Bertz CT molecular complexity index is 972. The molecule has 144 valence electrons. The van der Waals surface area contributed by atoms with Gasteiger partial charge in [0.1, 0.15) is 0 Å². The quantitative estimate of drug-likeness (QED) is 0.765. The number of rotatable bonds is 5. The van der Waals surface area contributed by atoms with Gasteiger partial charge >= 0.3 is 0 Å². The molecule has 0 aliphatic carbocycles. The lowest BCUT2D eigenvalue weighted by Crippen LogP contribution is -2.31. The zero-order chi connectivity index (χ0) is 19.8. The monoisotopic (exact) mass is 405 g/mol. The number of carbonyl (C=O) groups excluding carboxylic acids is 1. The fourth-order valence-electron chi connectivity index (χ4n) is 2.81. The van der Waals surface area contributed by atoms with E-state index in [1.807, 2.05) is 43.3 Å². The predicted octanol–water partition coefficient (Wildman–Crippen LogP) is 3.02. The van der Waals surface area contributed by atoms with E-state index in [0.717, 1.165) is 15.5 Å². The molecule has 3 rings (SSSR count). The van der Waals surface area contributed by atoms with Gasteiger partial charge in [0.2, 0.25) is 15.9 Å². The molecule has 1 aliphatic rings. The first-order chi connectivity index (χ1) is 12.7. The zero-order valence-electron chi connectivity index (χ0n) is 15.8. The van der Waals surface area contributed by atoms with Crippen LogP contribution in [0.4, 0.5) is 11.4 Å². The van der Waals surface area contributed by atoms with Gasteiger partial charge in [0.25, 0.3) is 0 Å². The number of amides is 1. The summed E-state index contributed by atoms with van der Waals surface area (Å²) in [4.78, 5) is 18.7. The largest absolute Gasteiger partial charge is 0.309 e. The Balaban J connectivity index is 2.11. The molecule has 0 saturated heterocycles. The van der Waals surface area contributed by atoms with E-state index in [-0.39, 0.29) is 10.8 Å². The normalized spacial score (nSPS) is 13.6. The Kier molecular flexibility index (Phi) is 5.62. The molecule has 0 unspecified atom stereocenters. The van der Waals surface area contributed by atoms with Gasteiger partial charge in [-0.05, 0) is 44.4 Å². The molecular weight excluding hydrogens is 382 g/mol. The summed E-state index contributed by atoms with van der Waals surface area (Å²) in [6.07, 6.45) is 0.343. The summed E-state index contributed by atoms with van der Waals surface area (Å²) < 4.78 is 26.3. The molecule has 0 spiro atoms. The summed E-state index contributed by atoms with van der Waals surface area (Å²) in [7, 11) is 3.25. The van der Waals surface area contributed by atoms with Crippen LogP contribution in [-0.4, -0.2) is 58.3 Å². The molecule has 1 aliphatic heterocycles. The van der Waals surface area contributed by atoms with Crippen molar-refractivity contribution in [3.63, 3.8) is 0 Å². The number of fused-ring (bicyclic) bond motifs is 2. The Morgan fingerprint density at radius 1 is 1.00 bits per heavy atom. The number of hydrogen-bond donors (Lipinski definition) is 0. The van der Waals surface area contributed by atoms with Crippen molar-refractivity contribution in [1.29, 1.82) is 0 Å². The summed E-state index contributed by atoms with van der Waals surface area (Å²) in [6.45, 7) is 0.621. The van der Waals surface area contributed by atoms with Crippen molar-refractivity contribution in [1.82, 2.24) is 9.21 Å². The first kappa shape index (κ1) is 19.9. The second-order valence-corrected chi connectivity index (χ2v) is 10.0. The molecular formula is C19H23N3O3S2. The van der Waals surface area contributed by atoms with Crippen LogP contribution in [0, 0.1) is 0 Å². The van der Waals surface area contributed by atoms with Crippen LogP contribution in [0.1, 0.15) is 6.42 Å². The maximum Gasteiger partial charge on any atom is 0.242 e. The molecule has 0 aromatic heterocycles. The van der Waals surface area contributed by atoms with Gasteiger partial charge in [0.15, 0.2) is 0 Å². The molecule has 0 fully saturated rings. The van der Waals surface area contributed by atoms with E-state index in [1.54, 1.807) is 34.9 Å². The van der Waals surface area contributed by atoms with Crippen LogP contribution in [0.3, 0.4) is 0 Å². The predicted molar refractivity (Wildman–Crippen MR) is 108 cm³/mol. The molecule has 1 amide bonds. The summed E-state index contributed by atoms with van der Waals surface area (Å²) in [5.41, 5.74) is 1.41. The highest BCUT2D eigenvalue weighted by atomic mass is 32.2. The highest BCUT2D eigenvalue weighted by Gasteiger charge is 2.30.